The van der Waals surface area contributed by atoms with Crippen molar-refractivity contribution < 1.29 is 64.3 Å². The molecule has 5 heteroatoms. The molecule has 0 saturated carbocycles. The summed E-state index contributed by atoms with van der Waals surface area (Å²) in [5.41, 5.74) is -0.597. The van der Waals surface area contributed by atoms with Gasteiger partial charge in [0.05, 0.1) is 0 Å². The number of hydrogen-bond donors (Lipinski definition) is 0. The molecule has 0 bridgehead atoms. The van der Waals surface area contributed by atoms with Crippen molar-refractivity contribution in [2.45, 2.75) is 0 Å². The van der Waals surface area contributed by atoms with Crippen LogP contribution in [-0.2, 0) is 0 Å². The molecule has 0 fully saturated rings. The van der Waals surface area contributed by atoms with Gasteiger partial charge < -0.3 is 12.9 Å². The van der Waals surface area contributed by atoms with Crippen molar-refractivity contribution in [1.82, 2.24) is 0 Å². The average Bonchev–Trinajstić information content (AvgIpc) is 2.03. The van der Waals surface area contributed by atoms with E-state index in [2.05, 4.69) is 6.58 Å². The van der Waals surface area contributed by atoms with E-state index in [1.165, 1.54) is 12.1 Å². The molecule has 1 aromatic rings. The Morgan fingerprint density at radius 2 is 1.54 bits per heavy atom. The van der Waals surface area contributed by atoms with E-state index in [4.69, 9.17) is 0 Å². The number of halogens is 3. The van der Waals surface area contributed by atoms with Gasteiger partial charge in [-0.2, -0.15) is 0 Å². The van der Waals surface area contributed by atoms with E-state index in [0.29, 0.717) is 0 Å². The van der Waals surface area contributed by atoms with E-state index >= 15 is 0 Å². The van der Waals surface area contributed by atoms with Crippen LogP contribution >= 0.6 is 0 Å². The fourth-order valence-corrected chi connectivity index (χ4v) is 0.841. The van der Waals surface area contributed by atoms with Crippen LogP contribution in [-0.4, -0.2) is 6.98 Å². The molecule has 0 spiro atoms. The van der Waals surface area contributed by atoms with Gasteiger partial charge in [0, 0.05) is 0 Å². The van der Waals surface area contributed by atoms with Crippen molar-refractivity contribution in [3.8, 4) is 0 Å². The molecule has 0 atom stereocenters. The van der Waals surface area contributed by atoms with E-state index in [9.17, 15) is 12.9 Å². The zero-order valence-electron chi connectivity index (χ0n) is 7.31. The Bertz CT molecular complexity index is 281. The molecule has 1 rings (SSSR count). The molecule has 0 radical (unpaired) electrons. The van der Waals surface area contributed by atoms with Gasteiger partial charge in [-0.1, -0.05) is 35.9 Å². The molecule has 0 saturated heterocycles. The van der Waals surface area contributed by atoms with Crippen LogP contribution in [0, 0.1) is 0 Å². The van der Waals surface area contributed by atoms with E-state index in [1.807, 2.05) is 0 Å². The largest absolute Gasteiger partial charge is 1.00 e. The SMILES string of the molecule is C=C(c1ccccc1)[B-](F)(F)F.[K+]. The van der Waals surface area contributed by atoms with Gasteiger partial charge in [-0.3, -0.25) is 0 Å². The topological polar surface area (TPSA) is 0 Å². The molecule has 0 aliphatic rings. The van der Waals surface area contributed by atoms with Crippen LogP contribution in [0.3, 0.4) is 0 Å². The third kappa shape index (κ3) is 3.99. The maximum absolute atomic E-state index is 12.1. The molecule has 64 valence electrons. The van der Waals surface area contributed by atoms with E-state index < -0.39 is 12.4 Å². The van der Waals surface area contributed by atoms with Gasteiger partial charge in [0.1, 0.15) is 0 Å². The molecule has 0 amide bonds. The Morgan fingerprint density at radius 1 is 1.08 bits per heavy atom. The fourth-order valence-electron chi connectivity index (χ4n) is 0.841. The summed E-state index contributed by atoms with van der Waals surface area (Å²) in [6.45, 7) is -1.95. The summed E-state index contributed by atoms with van der Waals surface area (Å²) in [4.78, 5) is 0. The second kappa shape index (κ2) is 5.36. The Balaban J connectivity index is 0.00000144. The van der Waals surface area contributed by atoms with Gasteiger partial charge in [-0.25, -0.2) is 0 Å². The second-order valence-corrected chi connectivity index (χ2v) is 2.47. The molecule has 0 aliphatic heterocycles. The minimum Gasteiger partial charge on any atom is -0.445 e. The van der Waals surface area contributed by atoms with Crippen molar-refractivity contribution in [1.29, 1.82) is 0 Å². The Labute approximate surface area is 118 Å². The minimum atomic E-state index is -4.95. The molecule has 0 unspecified atom stereocenters. The van der Waals surface area contributed by atoms with Crippen LogP contribution in [0.25, 0.3) is 5.47 Å². The summed E-state index contributed by atoms with van der Waals surface area (Å²) < 4.78 is 36.3. The average molecular weight is 210 g/mol. The molecule has 13 heavy (non-hydrogen) atoms. The molecule has 1 aromatic carbocycles. The smallest absolute Gasteiger partial charge is 0.445 e. The molecule has 0 heterocycles. The van der Waals surface area contributed by atoms with Gasteiger partial charge in [0.2, 0.25) is 0 Å². The molecular weight excluding hydrogens is 203 g/mol. The maximum Gasteiger partial charge on any atom is 1.00 e. The summed E-state index contributed by atoms with van der Waals surface area (Å²) in [6.07, 6.45) is 0. The van der Waals surface area contributed by atoms with Gasteiger partial charge in [-0.15, -0.1) is 12.1 Å². The second-order valence-electron chi connectivity index (χ2n) is 2.47. The first-order chi connectivity index (χ1) is 5.52. The van der Waals surface area contributed by atoms with E-state index in [-0.39, 0.29) is 56.9 Å². The third-order valence-corrected chi connectivity index (χ3v) is 1.54. The Hall–Kier alpha value is 0.451. The first-order valence-electron chi connectivity index (χ1n) is 3.46. The monoisotopic (exact) mass is 210 g/mol. The zero-order valence-corrected chi connectivity index (χ0v) is 10.4. The summed E-state index contributed by atoms with van der Waals surface area (Å²) in [5, 5.41) is 0. The molecular formula is C8H7BF3K. The van der Waals surface area contributed by atoms with Gasteiger partial charge >= 0.3 is 58.4 Å². The summed E-state index contributed by atoms with van der Waals surface area (Å²) in [7, 11) is 0. The summed E-state index contributed by atoms with van der Waals surface area (Å²) in [6, 6.07) is 7.58. The number of rotatable bonds is 2. The Kier molecular flexibility index (Phi) is 5.55. The standard InChI is InChI=1S/C8H7BF3.K/c1-7(9(10,11)12)8-5-3-2-4-6-8;/h2-6H,1H2;/q-1;+1. The van der Waals surface area contributed by atoms with E-state index in [0.717, 1.165) is 0 Å². The molecule has 0 N–H and O–H groups in total. The van der Waals surface area contributed by atoms with E-state index in [1.54, 1.807) is 18.2 Å². The summed E-state index contributed by atoms with van der Waals surface area (Å²) >= 11 is 0. The van der Waals surface area contributed by atoms with Gasteiger partial charge in [-0.05, 0) is 0 Å². The minimum absolute atomic E-state index is 0. The van der Waals surface area contributed by atoms with Gasteiger partial charge in [0.25, 0.3) is 0 Å². The molecule has 0 nitrogen and oxygen atoms in total. The third-order valence-electron chi connectivity index (χ3n) is 1.54. The van der Waals surface area contributed by atoms with Crippen molar-refractivity contribution in [3.63, 3.8) is 0 Å². The fraction of sp³-hybridized carbons (Fsp3) is 0. The first kappa shape index (κ1) is 13.5. The quantitative estimate of drug-likeness (QED) is 0.607. The van der Waals surface area contributed by atoms with Crippen molar-refractivity contribution in [2.75, 3.05) is 0 Å². The first-order valence-corrected chi connectivity index (χ1v) is 3.46. The predicted molar refractivity (Wildman–Crippen MR) is 44.6 cm³/mol. The van der Waals surface area contributed by atoms with Crippen LogP contribution in [0.4, 0.5) is 12.9 Å². The van der Waals surface area contributed by atoms with Gasteiger partial charge in [0.15, 0.2) is 0 Å². The Morgan fingerprint density at radius 3 is 1.92 bits per heavy atom. The normalized spacial score (nSPS) is 10.4. The van der Waals surface area contributed by atoms with Crippen molar-refractivity contribution in [3.05, 3.63) is 42.5 Å². The molecule has 0 aliphatic carbocycles. The van der Waals surface area contributed by atoms with Crippen molar-refractivity contribution in [2.24, 2.45) is 0 Å². The maximum atomic E-state index is 12.1. The van der Waals surface area contributed by atoms with Crippen LogP contribution in [0.5, 0.6) is 0 Å². The van der Waals surface area contributed by atoms with Crippen LogP contribution in [0.2, 0.25) is 0 Å². The van der Waals surface area contributed by atoms with Crippen molar-refractivity contribution >= 4 is 12.4 Å². The number of benzene rings is 1. The zero-order chi connectivity index (χ0) is 9.19. The van der Waals surface area contributed by atoms with Crippen LogP contribution in [0.1, 0.15) is 5.56 Å². The number of hydrogen-bond acceptors (Lipinski definition) is 0. The van der Waals surface area contributed by atoms with Crippen LogP contribution in [0.15, 0.2) is 36.9 Å². The summed E-state index contributed by atoms with van der Waals surface area (Å²) in [5.74, 6) is 0. The van der Waals surface area contributed by atoms with Crippen LogP contribution < -0.4 is 51.4 Å². The predicted octanol–water partition coefficient (Wildman–Crippen LogP) is 0.0904. The molecule has 0 aromatic heterocycles.